The van der Waals surface area contributed by atoms with E-state index < -0.39 is 7.12 Å². The molecule has 0 radical (unpaired) electrons. The molecule has 0 atom stereocenters. The van der Waals surface area contributed by atoms with Crippen LogP contribution in [-0.2, 0) is 11.3 Å². The number of benzene rings is 1. The minimum absolute atomic E-state index is 0.426. The van der Waals surface area contributed by atoms with E-state index in [4.69, 9.17) is 4.65 Å². The Kier molecular flexibility index (Phi) is 7.51. The molecular weight excluding hydrogens is 203 g/mol. The van der Waals surface area contributed by atoms with Crippen LogP contribution in [0.2, 0.25) is 0 Å². The van der Waals surface area contributed by atoms with Crippen molar-refractivity contribution in [1.29, 1.82) is 0 Å². The fraction of sp³-hybridized carbons (Fsp3) is 0.417. The normalized spacial score (nSPS) is 11.7. The zero-order valence-electron chi connectivity index (χ0n) is 10.4. The van der Waals surface area contributed by atoms with E-state index in [1.54, 1.807) is 18.2 Å². The van der Waals surface area contributed by atoms with Crippen LogP contribution in [0.5, 0.6) is 0 Å². The lowest BCUT2D eigenvalue weighted by atomic mass is 9.79. The fourth-order valence-electron chi connectivity index (χ4n) is 1.31. The van der Waals surface area contributed by atoms with Gasteiger partial charge in [0.2, 0.25) is 0 Å². The van der Waals surface area contributed by atoms with E-state index in [-0.39, 0.29) is 0 Å². The highest BCUT2D eigenvalue weighted by Gasteiger charge is 2.26. The third-order valence-corrected chi connectivity index (χ3v) is 1.97. The number of carbonyl (C=O) groups excluding carboxylic acids is 1. The summed E-state index contributed by atoms with van der Waals surface area (Å²) in [5.74, 6) is 0. The Labute approximate surface area is 97.6 Å². The van der Waals surface area contributed by atoms with Gasteiger partial charge in [-0.05, 0) is 11.0 Å². The molecule has 1 aromatic carbocycles. The highest BCUT2D eigenvalue weighted by Crippen LogP contribution is 2.09. The van der Waals surface area contributed by atoms with Crippen LogP contribution in [0.25, 0.3) is 0 Å². The minimum Gasteiger partial charge on any atom is -0.423 e. The van der Waals surface area contributed by atoms with Gasteiger partial charge in [0.05, 0.1) is 6.61 Å². The van der Waals surface area contributed by atoms with Crippen molar-refractivity contribution in [2.45, 2.75) is 34.3 Å². The van der Waals surface area contributed by atoms with Crippen LogP contribution in [0.3, 0.4) is 0 Å². The van der Waals surface area contributed by atoms with Gasteiger partial charge in [-0.3, -0.25) is 4.79 Å². The van der Waals surface area contributed by atoms with E-state index >= 15 is 0 Å². The third-order valence-electron chi connectivity index (χ3n) is 1.97. The standard InChI is InChI=1S/C8H7BO3.2C2H6/c10-4-6-1-2-7-5-12-9(11)8(7)3-6;2*1-2/h1-4,11H,5H2;2*1-2H3. The summed E-state index contributed by atoms with van der Waals surface area (Å²) in [6.07, 6.45) is 0.755. The van der Waals surface area contributed by atoms with Gasteiger partial charge in [-0.2, -0.15) is 0 Å². The van der Waals surface area contributed by atoms with E-state index in [0.717, 1.165) is 11.8 Å². The number of fused-ring (bicyclic) bond motifs is 1. The smallest absolute Gasteiger partial charge is 0.423 e. The molecule has 1 aromatic rings. The molecule has 4 heteroatoms. The van der Waals surface area contributed by atoms with Crippen molar-refractivity contribution in [2.24, 2.45) is 0 Å². The van der Waals surface area contributed by atoms with Crippen LogP contribution in [-0.4, -0.2) is 18.4 Å². The summed E-state index contributed by atoms with van der Waals surface area (Å²) >= 11 is 0. The molecule has 3 nitrogen and oxygen atoms in total. The van der Waals surface area contributed by atoms with E-state index in [1.165, 1.54) is 0 Å². The molecule has 0 aromatic heterocycles. The minimum atomic E-state index is -0.861. The van der Waals surface area contributed by atoms with Crippen molar-refractivity contribution in [3.8, 4) is 0 Å². The van der Waals surface area contributed by atoms with Gasteiger partial charge < -0.3 is 9.68 Å². The Hall–Kier alpha value is -1.13. The molecule has 0 spiro atoms. The number of aldehydes is 1. The molecule has 16 heavy (non-hydrogen) atoms. The van der Waals surface area contributed by atoms with Crippen molar-refractivity contribution in [2.75, 3.05) is 0 Å². The summed E-state index contributed by atoms with van der Waals surface area (Å²) < 4.78 is 4.96. The average molecular weight is 222 g/mol. The number of hydrogen-bond donors (Lipinski definition) is 1. The van der Waals surface area contributed by atoms with Gasteiger partial charge in [0, 0.05) is 5.56 Å². The lowest BCUT2D eigenvalue weighted by Gasteiger charge is -1.97. The third kappa shape index (κ3) is 3.47. The second-order valence-corrected chi connectivity index (χ2v) is 2.74. The first-order valence-corrected chi connectivity index (χ1v) is 5.69. The van der Waals surface area contributed by atoms with E-state index in [0.29, 0.717) is 17.6 Å². The molecule has 0 amide bonds. The quantitative estimate of drug-likeness (QED) is 0.581. The molecule has 1 heterocycles. The lowest BCUT2D eigenvalue weighted by Crippen LogP contribution is -2.28. The van der Waals surface area contributed by atoms with Crippen molar-refractivity contribution in [1.82, 2.24) is 0 Å². The Bertz CT molecular complexity index is 326. The molecule has 0 unspecified atom stereocenters. The molecule has 0 fully saturated rings. The molecule has 0 aliphatic carbocycles. The molecule has 88 valence electrons. The second-order valence-electron chi connectivity index (χ2n) is 2.74. The molecule has 1 aliphatic rings. The van der Waals surface area contributed by atoms with Gasteiger partial charge in [0.25, 0.3) is 0 Å². The first kappa shape index (κ1) is 14.9. The summed E-state index contributed by atoms with van der Waals surface area (Å²) in [7, 11) is -0.861. The monoisotopic (exact) mass is 222 g/mol. The van der Waals surface area contributed by atoms with Crippen LogP contribution in [0.1, 0.15) is 43.6 Å². The summed E-state index contributed by atoms with van der Waals surface area (Å²) in [5, 5.41) is 9.26. The van der Waals surface area contributed by atoms with E-state index in [1.807, 2.05) is 27.7 Å². The summed E-state index contributed by atoms with van der Waals surface area (Å²) in [6, 6.07) is 5.17. The molecule has 0 saturated carbocycles. The molecule has 1 aliphatic heterocycles. The summed E-state index contributed by atoms with van der Waals surface area (Å²) in [4.78, 5) is 10.4. The first-order valence-electron chi connectivity index (χ1n) is 5.69. The maximum Gasteiger partial charge on any atom is 0.491 e. The maximum absolute atomic E-state index is 10.4. The predicted molar refractivity (Wildman–Crippen MR) is 66.9 cm³/mol. The first-order chi connectivity index (χ1) is 7.81. The van der Waals surface area contributed by atoms with E-state index in [9.17, 15) is 9.82 Å². The summed E-state index contributed by atoms with van der Waals surface area (Å²) in [6.45, 7) is 8.43. The van der Waals surface area contributed by atoms with Crippen LogP contribution in [0.15, 0.2) is 18.2 Å². The zero-order chi connectivity index (χ0) is 12.6. The lowest BCUT2D eigenvalue weighted by molar-refractivity contribution is 0.112. The number of carbonyl (C=O) groups is 1. The second kappa shape index (κ2) is 8.08. The Balaban J connectivity index is 0.000000509. The number of hydrogen-bond acceptors (Lipinski definition) is 3. The maximum atomic E-state index is 10.4. The van der Waals surface area contributed by atoms with Gasteiger partial charge in [-0.25, -0.2) is 0 Å². The predicted octanol–water partition coefficient (Wildman–Crippen LogP) is 1.77. The highest BCUT2D eigenvalue weighted by molar-refractivity contribution is 6.61. The van der Waals surface area contributed by atoms with Crippen LogP contribution in [0, 0.1) is 0 Å². The number of rotatable bonds is 1. The zero-order valence-corrected chi connectivity index (χ0v) is 10.4. The van der Waals surface area contributed by atoms with Gasteiger partial charge in [0.1, 0.15) is 6.29 Å². The van der Waals surface area contributed by atoms with Gasteiger partial charge in [-0.1, -0.05) is 45.9 Å². The highest BCUT2D eigenvalue weighted by atomic mass is 16.5. The SMILES string of the molecule is CC.CC.O=Cc1ccc2c(c1)B(O)OC2. The van der Waals surface area contributed by atoms with Crippen molar-refractivity contribution >= 4 is 18.9 Å². The fourth-order valence-corrected chi connectivity index (χ4v) is 1.31. The van der Waals surface area contributed by atoms with E-state index in [2.05, 4.69) is 0 Å². The van der Waals surface area contributed by atoms with Gasteiger partial charge in [0.15, 0.2) is 0 Å². The van der Waals surface area contributed by atoms with Crippen molar-refractivity contribution in [3.63, 3.8) is 0 Å². The van der Waals surface area contributed by atoms with Crippen molar-refractivity contribution in [3.05, 3.63) is 29.3 Å². The Morgan fingerprint density at radius 2 is 1.94 bits per heavy atom. The largest absolute Gasteiger partial charge is 0.491 e. The molecule has 0 saturated heterocycles. The molecule has 0 bridgehead atoms. The summed E-state index contributed by atoms with van der Waals surface area (Å²) in [5.41, 5.74) is 2.23. The van der Waals surface area contributed by atoms with Crippen LogP contribution in [0.4, 0.5) is 0 Å². The molecular formula is C12H19BO3. The Morgan fingerprint density at radius 1 is 1.31 bits per heavy atom. The van der Waals surface area contributed by atoms with Crippen LogP contribution < -0.4 is 5.46 Å². The molecule has 1 N–H and O–H groups in total. The Morgan fingerprint density at radius 3 is 2.50 bits per heavy atom. The van der Waals surface area contributed by atoms with Crippen LogP contribution >= 0.6 is 0 Å². The topological polar surface area (TPSA) is 46.5 Å². The van der Waals surface area contributed by atoms with Gasteiger partial charge >= 0.3 is 7.12 Å². The van der Waals surface area contributed by atoms with Gasteiger partial charge in [-0.15, -0.1) is 0 Å². The average Bonchev–Trinajstić information content (AvgIpc) is 2.75. The van der Waals surface area contributed by atoms with Crippen molar-refractivity contribution < 1.29 is 14.5 Å². The molecule has 2 rings (SSSR count).